The van der Waals surface area contributed by atoms with Gasteiger partial charge in [-0.25, -0.2) is 0 Å². The molecule has 1 aliphatic heterocycles. The van der Waals surface area contributed by atoms with E-state index in [1.54, 1.807) is 7.11 Å². The lowest BCUT2D eigenvalue weighted by atomic mass is 10.2. The van der Waals surface area contributed by atoms with Crippen molar-refractivity contribution in [3.8, 4) is 17.1 Å². The summed E-state index contributed by atoms with van der Waals surface area (Å²) >= 11 is 1.48. The fourth-order valence-electron chi connectivity index (χ4n) is 3.06. The number of carbonyl (C=O) groups excluding carboxylic acids is 1. The number of rotatable bonds is 7. The van der Waals surface area contributed by atoms with Crippen molar-refractivity contribution in [2.45, 2.75) is 38.4 Å². The van der Waals surface area contributed by atoms with Crippen molar-refractivity contribution >= 4 is 17.7 Å². The van der Waals surface area contributed by atoms with Crippen molar-refractivity contribution in [2.24, 2.45) is 5.92 Å². The average molecular weight is 375 g/mol. The molecule has 0 aliphatic carbocycles. The van der Waals surface area contributed by atoms with E-state index in [2.05, 4.69) is 28.6 Å². The van der Waals surface area contributed by atoms with Gasteiger partial charge in [-0.05, 0) is 43.0 Å². The zero-order chi connectivity index (χ0) is 18.5. The highest BCUT2D eigenvalue weighted by molar-refractivity contribution is 7.99. The molecule has 1 aromatic heterocycles. The molecule has 1 fully saturated rings. The molecular weight excluding hydrogens is 348 g/mol. The van der Waals surface area contributed by atoms with E-state index in [4.69, 9.17) is 4.74 Å². The van der Waals surface area contributed by atoms with Crippen LogP contribution in [0.2, 0.25) is 0 Å². The molecule has 140 valence electrons. The number of thioether (sulfide) groups is 1. The number of hydrogen-bond donors (Lipinski definition) is 0. The summed E-state index contributed by atoms with van der Waals surface area (Å²) in [4.78, 5) is 14.3. The molecule has 3 rings (SSSR count). The van der Waals surface area contributed by atoms with Crippen molar-refractivity contribution in [1.82, 2.24) is 19.7 Å². The van der Waals surface area contributed by atoms with Crippen LogP contribution in [0.5, 0.6) is 5.75 Å². The van der Waals surface area contributed by atoms with Crippen LogP contribution < -0.4 is 4.74 Å². The Hall–Kier alpha value is -2.02. The Kier molecular flexibility index (Phi) is 6.19. The predicted molar refractivity (Wildman–Crippen MR) is 103 cm³/mol. The third-order valence-corrected chi connectivity index (χ3v) is 5.35. The molecule has 1 aromatic carbocycles. The molecule has 0 bridgehead atoms. The largest absolute Gasteiger partial charge is 0.497 e. The Morgan fingerprint density at radius 1 is 1.19 bits per heavy atom. The highest BCUT2D eigenvalue weighted by atomic mass is 32.2. The molecule has 1 saturated heterocycles. The van der Waals surface area contributed by atoms with Crippen LogP contribution in [0.1, 0.15) is 26.7 Å². The van der Waals surface area contributed by atoms with Crippen molar-refractivity contribution in [3.05, 3.63) is 24.3 Å². The van der Waals surface area contributed by atoms with E-state index in [-0.39, 0.29) is 5.91 Å². The second-order valence-corrected chi connectivity index (χ2v) is 7.86. The molecule has 0 radical (unpaired) electrons. The van der Waals surface area contributed by atoms with E-state index in [0.29, 0.717) is 11.7 Å². The zero-order valence-corrected chi connectivity index (χ0v) is 16.5. The monoisotopic (exact) mass is 374 g/mol. The van der Waals surface area contributed by atoms with E-state index < -0.39 is 0 Å². The summed E-state index contributed by atoms with van der Waals surface area (Å²) in [6.45, 7) is 6.92. The summed E-state index contributed by atoms with van der Waals surface area (Å²) in [5.41, 5.74) is 0.997. The first-order valence-corrected chi connectivity index (χ1v) is 10.0. The van der Waals surface area contributed by atoms with Crippen LogP contribution >= 0.6 is 11.8 Å². The Morgan fingerprint density at radius 2 is 1.88 bits per heavy atom. The normalized spacial score (nSPS) is 14.2. The molecule has 0 atom stereocenters. The van der Waals surface area contributed by atoms with Gasteiger partial charge in [0.1, 0.15) is 5.75 Å². The lowest BCUT2D eigenvalue weighted by molar-refractivity contribution is -0.127. The van der Waals surface area contributed by atoms with E-state index >= 15 is 0 Å². The van der Waals surface area contributed by atoms with Crippen molar-refractivity contribution in [2.75, 3.05) is 26.0 Å². The van der Waals surface area contributed by atoms with Gasteiger partial charge in [0.2, 0.25) is 5.91 Å². The number of carbonyl (C=O) groups is 1. The summed E-state index contributed by atoms with van der Waals surface area (Å²) in [5.74, 6) is 2.71. The fourth-order valence-corrected chi connectivity index (χ4v) is 3.91. The molecule has 26 heavy (non-hydrogen) atoms. The minimum Gasteiger partial charge on any atom is -0.497 e. The van der Waals surface area contributed by atoms with Crippen LogP contribution in [0.4, 0.5) is 0 Å². The maximum absolute atomic E-state index is 12.3. The molecule has 6 nitrogen and oxygen atoms in total. The molecular formula is C19H26N4O2S. The van der Waals surface area contributed by atoms with E-state index in [1.807, 2.05) is 29.2 Å². The smallest absolute Gasteiger partial charge is 0.233 e. The van der Waals surface area contributed by atoms with Crippen LogP contribution in [-0.2, 0) is 11.3 Å². The predicted octanol–water partition coefficient (Wildman–Crippen LogP) is 3.32. The first kappa shape index (κ1) is 18.8. The SMILES string of the molecule is COc1ccc(-c2nnc(SCC(=O)N3CCCC3)n2CC(C)C)cc1. The maximum atomic E-state index is 12.3. The standard InChI is InChI=1S/C19H26N4O2S/c1-14(2)12-23-18(15-6-8-16(25-3)9-7-15)20-21-19(23)26-13-17(24)22-10-4-5-11-22/h6-9,14H,4-5,10-13H2,1-3H3. The third-order valence-electron chi connectivity index (χ3n) is 4.40. The van der Waals surface area contributed by atoms with Crippen LogP contribution in [0, 0.1) is 5.92 Å². The first-order valence-electron chi connectivity index (χ1n) is 9.06. The van der Waals surface area contributed by atoms with E-state index in [9.17, 15) is 4.79 Å². The number of amides is 1. The third kappa shape index (κ3) is 4.38. The minimum absolute atomic E-state index is 0.192. The first-order chi connectivity index (χ1) is 12.6. The number of aromatic nitrogens is 3. The van der Waals surface area contributed by atoms with Gasteiger partial charge in [-0.3, -0.25) is 4.79 Å². The van der Waals surface area contributed by atoms with Gasteiger partial charge >= 0.3 is 0 Å². The second kappa shape index (κ2) is 8.58. The average Bonchev–Trinajstić information content (AvgIpc) is 3.30. The van der Waals surface area contributed by atoms with Crippen molar-refractivity contribution in [3.63, 3.8) is 0 Å². The van der Waals surface area contributed by atoms with Gasteiger partial charge in [0.05, 0.1) is 12.9 Å². The van der Waals surface area contributed by atoms with Crippen LogP contribution in [0.15, 0.2) is 29.4 Å². The topological polar surface area (TPSA) is 60.3 Å². The van der Waals surface area contributed by atoms with Gasteiger partial charge in [0, 0.05) is 25.2 Å². The van der Waals surface area contributed by atoms with Crippen molar-refractivity contribution in [1.29, 1.82) is 0 Å². The quantitative estimate of drug-likeness (QED) is 0.696. The summed E-state index contributed by atoms with van der Waals surface area (Å²) in [5, 5.41) is 9.56. The Labute approximate surface area is 158 Å². The highest BCUT2D eigenvalue weighted by Gasteiger charge is 2.20. The maximum Gasteiger partial charge on any atom is 0.233 e. The number of ether oxygens (including phenoxy) is 1. The molecule has 0 N–H and O–H groups in total. The van der Waals surface area contributed by atoms with Gasteiger partial charge in [0.25, 0.3) is 0 Å². The lowest BCUT2D eigenvalue weighted by Crippen LogP contribution is -2.29. The summed E-state index contributed by atoms with van der Waals surface area (Å²) in [7, 11) is 1.66. The Balaban J connectivity index is 1.78. The minimum atomic E-state index is 0.192. The Morgan fingerprint density at radius 3 is 2.50 bits per heavy atom. The number of benzene rings is 1. The number of nitrogens with zero attached hydrogens (tertiary/aromatic N) is 4. The van der Waals surface area contributed by atoms with Crippen LogP contribution in [0.25, 0.3) is 11.4 Å². The molecule has 2 aromatic rings. The van der Waals surface area contributed by atoms with Gasteiger partial charge in [-0.1, -0.05) is 25.6 Å². The molecule has 2 heterocycles. The number of methoxy groups -OCH3 is 1. The van der Waals surface area contributed by atoms with Gasteiger partial charge in [-0.15, -0.1) is 10.2 Å². The lowest BCUT2D eigenvalue weighted by Gasteiger charge is -2.15. The molecule has 7 heteroatoms. The molecule has 1 amide bonds. The van der Waals surface area contributed by atoms with Crippen LogP contribution in [-0.4, -0.2) is 51.5 Å². The van der Waals surface area contributed by atoms with Crippen molar-refractivity contribution < 1.29 is 9.53 Å². The fraction of sp³-hybridized carbons (Fsp3) is 0.526. The zero-order valence-electron chi connectivity index (χ0n) is 15.6. The van der Waals surface area contributed by atoms with Gasteiger partial charge in [0.15, 0.2) is 11.0 Å². The Bertz CT molecular complexity index is 736. The molecule has 0 saturated carbocycles. The molecule has 0 spiro atoms. The van der Waals surface area contributed by atoms with Crippen LogP contribution in [0.3, 0.4) is 0 Å². The van der Waals surface area contributed by atoms with E-state index in [1.165, 1.54) is 11.8 Å². The molecule has 1 aliphatic rings. The highest BCUT2D eigenvalue weighted by Crippen LogP contribution is 2.27. The summed E-state index contributed by atoms with van der Waals surface area (Å²) < 4.78 is 7.35. The van der Waals surface area contributed by atoms with Gasteiger partial charge < -0.3 is 14.2 Å². The van der Waals surface area contributed by atoms with Gasteiger partial charge in [-0.2, -0.15) is 0 Å². The number of likely N-dealkylation sites (tertiary alicyclic amines) is 1. The summed E-state index contributed by atoms with van der Waals surface area (Å²) in [6, 6.07) is 7.83. The summed E-state index contributed by atoms with van der Waals surface area (Å²) in [6.07, 6.45) is 2.23. The van der Waals surface area contributed by atoms with E-state index in [0.717, 1.165) is 54.8 Å². The second-order valence-electron chi connectivity index (χ2n) is 6.92. The number of hydrogen-bond acceptors (Lipinski definition) is 5. The molecule has 0 unspecified atom stereocenters.